The smallest absolute Gasteiger partial charge is 0.147 e. The first-order chi connectivity index (χ1) is 5.29. The molecular formula is C6H12O5. The second kappa shape index (κ2) is 3.99. The van der Waals surface area contributed by atoms with Gasteiger partial charge in [-0.25, -0.2) is 0 Å². The van der Waals surface area contributed by atoms with Crippen LogP contribution in [-0.4, -0.2) is 53.6 Å². The van der Waals surface area contributed by atoms with Gasteiger partial charge < -0.3 is 24.8 Å². The summed E-state index contributed by atoms with van der Waals surface area (Å²) in [5.74, 6) is 0. The predicted molar refractivity (Wildman–Crippen MR) is 34.8 cm³/mol. The standard InChI is InChI=1S/C6H12O5/c7-1-4-6(9)5(2-8)11-3-10-4/h4-9H,1-3H2/t4-,5+,6?. The molecular weight excluding hydrogens is 152 g/mol. The van der Waals surface area contributed by atoms with E-state index in [-0.39, 0.29) is 20.0 Å². The molecule has 1 fully saturated rings. The Morgan fingerprint density at radius 1 is 1.09 bits per heavy atom. The molecule has 0 aromatic carbocycles. The molecule has 1 heterocycles. The molecule has 0 radical (unpaired) electrons. The maximum absolute atomic E-state index is 9.26. The van der Waals surface area contributed by atoms with E-state index < -0.39 is 18.3 Å². The first kappa shape index (κ1) is 8.89. The van der Waals surface area contributed by atoms with Crippen LogP contribution in [-0.2, 0) is 9.47 Å². The van der Waals surface area contributed by atoms with Crippen molar-refractivity contribution in [2.75, 3.05) is 20.0 Å². The summed E-state index contributed by atoms with van der Waals surface area (Å²) in [5.41, 5.74) is 0. The summed E-state index contributed by atoms with van der Waals surface area (Å²) in [4.78, 5) is 0. The minimum atomic E-state index is -0.946. The van der Waals surface area contributed by atoms with Gasteiger partial charge >= 0.3 is 0 Å². The van der Waals surface area contributed by atoms with Crippen LogP contribution in [0, 0.1) is 0 Å². The third-order valence-corrected chi connectivity index (χ3v) is 1.69. The summed E-state index contributed by atoms with van der Waals surface area (Å²) >= 11 is 0. The SMILES string of the molecule is OC[C@@H]1OCO[C@H](CO)C1O. The van der Waals surface area contributed by atoms with E-state index in [0.717, 1.165) is 0 Å². The number of rotatable bonds is 2. The van der Waals surface area contributed by atoms with Gasteiger partial charge in [-0.05, 0) is 0 Å². The molecule has 0 bridgehead atoms. The highest BCUT2D eigenvalue weighted by Gasteiger charge is 2.32. The van der Waals surface area contributed by atoms with E-state index in [1.807, 2.05) is 0 Å². The molecule has 0 aliphatic carbocycles. The van der Waals surface area contributed by atoms with Gasteiger partial charge in [0.05, 0.1) is 13.2 Å². The molecule has 0 saturated carbocycles. The minimum Gasteiger partial charge on any atom is -0.394 e. The largest absolute Gasteiger partial charge is 0.394 e. The zero-order valence-electron chi connectivity index (χ0n) is 6.01. The Bertz CT molecular complexity index is 106. The van der Waals surface area contributed by atoms with Crippen molar-refractivity contribution in [3.8, 4) is 0 Å². The number of hydrogen-bond donors (Lipinski definition) is 3. The molecule has 11 heavy (non-hydrogen) atoms. The summed E-state index contributed by atoms with van der Waals surface area (Å²) in [7, 11) is 0. The number of hydrogen-bond acceptors (Lipinski definition) is 5. The first-order valence-corrected chi connectivity index (χ1v) is 3.42. The Labute approximate surface area is 64.2 Å². The molecule has 1 rings (SSSR count). The van der Waals surface area contributed by atoms with Gasteiger partial charge in [-0.3, -0.25) is 0 Å². The van der Waals surface area contributed by atoms with Crippen molar-refractivity contribution < 1.29 is 24.8 Å². The number of aliphatic hydroxyl groups excluding tert-OH is 3. The van der Waals surface area contributed by atoms with Crippen molar-refractivity contribution in [1.29, 1.82) is 0 Å². The van der Waals surface area contributed by atoms with E-state index in [1.165, 1.54) is 0 Å². The van der Waals surface area contributed by atoms with Crippen molar-refractivity contribution in [3.05, 3.63) is 0 Å². The van der Waals surface area contributed by atoms with Gasteiger partial charge in [0.1, 0.15) is 25.1 Å². The molecule has 0 aromatic rings. The number of aliphatic hydroxyl groups is 3. The Morgan fingerprint density at radius 3 is 1.91 bits per heavy atom. The Morgan fingerprint density at radius 2 is 1.55 bits per heavy atom. The maximum Gasteiger partial charge on any atom is 0.147 e. The molecule has 5 heteroatoms. The second-order valence-corrected chi connectivity index (χ2v) is 2.38. The first-order valence-electron chi connectivity index (χ1n) is 3.42. The van der Waals surface area contributed by atoms with Gasteiger partial charge in [-0.15, -0.1) is 0 Å². The molecule has 66 valence electrons. The van der Waals surface area contributed by atoms with Crippen LogP contribution >= 0.6 is 0 Å². The lowest BCUT2D eigenvalue weighted by atomic mass is 10.1. The number of ether oxygens (including phenoxy) is 2. The van der Waals surface area contributed by atoms with Crippen LogP contribution in [0.1, 0.15) is 0 Å². The van der Waals surface area contributed by atoms with Crippen molar-refractivity contribution in [1.82, 2.24) is 0 Å². The van der Waals surface area contributed by atoms with E-state index in [0.29, 0.717) is 0 Å². The van der Waals surface area contributed by atoms with Gasteiger partial charge in [0.2, 0.25) is 0 Å². The second-order valence-electron chi connectivity index (χ2n) is 2.38. The Hall–Kier alpha value is -0.200. The molecule has 0 spiro atoms. The average molecular weight is 164 g/mol. The Kier molecular flexibility index (Phi) is 3.22. The van der Waals surface area contributed by atoms with Crippen LogP contribution in [0.25, 0.3) is 0 Å². The topological polar surface area (TPSA) is 79.2 Å². The van der Waals surface area contributed by atoms with Gasteiger partial charge in [0, 0.05) is 0 Å². The van der Waals surface area contributed by atoms with E-state index in [9.17, 15) is 5.11 Å². The zero-order valence-corrected chi connectivity index (χ0v) is 6.01. The monoisotopic (exact) mass is 164 g/mol. The highest BCUT2D eigenvalue weighted by atomic mass is 16.7. The normalized spacial score (nSPS) is 39.0. The maximum atomic E-state index is 9.26. The van der Waals surface area contributed by atoms with Crippen LogP contribution < -0.4 is 0 Å². The van der Waals surface area contributed by atoms with E-state index in [1.54, 1.807) is 0 Å². The fourth-order valence-electron chi connectivity index (χ4n) is 0.972. The molecule has 0 amide bonds. The summed E-state index contributed by atoms with van der Waals surface area (Å²) in [6.07, 6.45) is -2.22. The molecule has 1 saturated heterocycles. The Balaban J connectivity index is 2.45. The minimum absolute atomic E-state index is 0.00745. The molecule has 1 aliphatic rings. The van der Waals surface area contributed by atoms with Gasteiger partial charge in [-0.2, -0.15) is 0 Å². The van der Waals surface area contributed by atoms with Gasteiger partial charge in [0.15, 0.2) is 0 Å². The van der Waals surface area contributed by atoms with Crippen LogP contribution in [0.4, 0.5) is 0 Å². The molecule has 1 unspecified atom stereocenters. The van der Waals surface area contributed by atoms with E-state index in [4.69, 9.17) is 19.7 Å². The van der Waals surface area contributed by atoms with Crippen LogP contribution in [0.15, 0.2) is 0 Å². The highest BCUT2D eigenvalue weighted by molar-refractivity contribution is 4.78. The van der Waals surface area contributed by atoms with Crippen LogP contribution in [0.5, 0.6) is 0 Å². The molecule has 3 atom stereocenters. The summed E-state index contributed by atoms with van der Waals surface area (Å²) in [6.45, 7) is -0.518. The van der Waals surface area contributed by atoms with Crippen LogP contribution in [0.3, 0.4) is 0 Å². The summed E-state index contributed by atoms with van der Waals surface area (Å²) in [6, 6.07) is 0. The van der Waals surface area contributed by atoms with Crippen molar-refractivity contribution in [2.24, 2.45) is 0 Å². The van der Waals surface area contributed by atoms with Crippen LogP contribution in [0.2, 0.25) is 0 Å². The van der Waals surface area contributed by atoms with Gasteiger partial charge in [-0.1, -0.05) is 0 Å². The average Bonchev–Trinajstić information content (AvgIpc) is 2.05. The fourth-order valence-corrected chi connectivity index (χ4v) is 0.972. The molecule has 5 nitrogen and oxygen atoms in total. The summed E-state index contributed by atoms with van der Waals surface area (Å²) in [5, 5.41) is 26.6. The third-order valence-electron chi connectivity index (χ3n) is 1.69. The predicted octanol–water partition coefficient (Wildman–Crippen LogP) is -1.93. The van der Waals surface area contributed by atoms with Crippen molar-refractivity contribution in [3.63, 3.8) is 0 Å². The lowest BCUT2D eigenvalue weighted by molar-refractivity contribution is -0.244. The quantitative estimate of drug-likeness (QED) is 0.443. The fraction of sp³-hybridized carbons (Fsp3) is 1.00. The lowest BCUT2D eigenvalue weighted by Crippen LogP contribution is -2.49. The molecule has 0 aromatic heterocycles. The van der Waals surface area contributed by atoms with E-state index in [2.05, 4.69) is 0 Å². The zero-order chi connectivity index (χ0) is 8.27. The van der Waals surface area contributed by atoms with E-state index >= 15 is 0 Å². The molecule has 3 N–H and O–H groups in total. The van der Waals surface area contributed by atoms with Gasteiger partial charge in [0.25, 0.3) is 0 Å². The highest BCUT2D eigenvalue weighted by Crippen LogP contribution is 2.13. The third kappa shape index (κ3) is 1.88. The van der Waals surface area contributed by atoms with Crippen molar-refractivity contribution >= 4 is 0 Å². The lowest BCUT2D eigenvalue weighted by Gasteiger charge is -2.32. The van der Waals surface area contributed by atoms with Crippen molar-refractivity contribution in [2.45, 2.75) is 18.3 Å². The molecule has 1 aliphatic heterocycles. The summed E-state index contributed by atoms with van der Waals surface area (Å²) < 4.78 is 9.68.